The standard InChI is InChI=1S/C18H19ClN4/c1-11-9-15-17(20-11)22-16(12-5-4-6-13(19)10-12)23-18(15)21-14-7-2-3-8-14/h4-6,9-10,14H,2-3,7-8H2,1H3,(H2,20,21,22,23). The van der Waals surface area contributed by atoms with Gasteiger partial charge < -0.3 is 10.3 Å². The molecule has 0 unspecified atom stereocenters. The van der Waals surface area contributed by atoms with Crippen molar-refractivity contribution in [1.29, 1.82) is 0 Å². The van der Waals surface area contributed by atoms with Gasteiger partial charge in [-0.3, -0.25) is 0 Å². The predicted octanol–water partition coefficient (Wildman–Crippen LogP) is 4.94. The first kappa shape index (κ1) is 14.5. The summed E-state index contributed by atoms with van der Waals surface area (Å²) >= 11 is 6.12. The van der Waals surface area contributed by atoms with Crippen LogP contribution in [0.4, 0.5) is 5.82 Å². The van der Waals surface area contributed by atoms with Crippen LogP contribution in [0, 0.1) is 6.92 Å². The molecule has 1 aliphatic rings. The fourth-order valence-electron chi connectivity index (χ4n) is 3.27. The van der Waals surface area contributed by atoms with Gasteiger partial charge in [0.05, 0.1) is 5.39 Å². The van der Waals surface area contributed by atoms with E-state index in [4.69, 9.17) is 16.6 Å². The highest BCUT2D eigenvalue weighted by Gasteiger charge is 2.18. The lowest BCUT2D eigenvalue weighted by Crippen LogP contribution is -2.16. The van der Waals surface area contributed by atoms with Crippen LogP contribution in [0.1, 0.15) is 31.4 Å². The van der Waals surface area contributed by atoms with Crippen LogP contribution in [0.25, 0.3) is 22.4 Å². The summed E-state index contributed by atoms with van der Waals surface area (Å²) < 4.78 is 0. The molecule has 0 atom stereocenters. The average Bonchev–Trinajstić information content (AvgIpc) is 3.15. The Morgan fingerprint density at radius 3 is 2.78 bits per heavy atom. The number of anilines is 1. The van der Waals surface area contributed by atoms with Crippen LogP contribution in [0.2, 0.25) is 5.02 Å². The minimum absolute atomic E-state index is 0.510. The summed E-state index contributed by atoms with van der Waals surface area (Å²) in [6.45, 7) is 2.04. The molecule has 4 nitrogen and oxygen atoms in total. The Bertz CT molecular complexity index is 849. The average molecular weight is 327 g/mol. The van der Waals surface area contributed by atoms with Gasteiger partial charge >= 0.3 is 0 Å². The van der Waals surface area contributed by atoms with E-state index in [1.54, 1.807) is 0 Å². The van der Waals surface area contributed by atoms with Gasteiger partial charge in [0.15, 0.2) is 5.82 Å². The largest absolute Gasteiger partial charge is 0.367 e. The number of H-pyrrole nitrogens is 1. The molecule has 0 radical (unpaired) electrons. The van der Waals surface area contributed by atoms with Crippen LogP contribution in [-0.2, 0) is 0 Å². The Labute approximate surface area is 140 Å². The van der Waals surface area contributed by atoms with Crippen molar-refractivity contribution in [2.45, 2.75) is 38.6 Å². The molecule has 2 heterocycles. The van der Waals surface area contributed by atoms with Gasteiger partial charge in [-0.2, -0.15) is 0 Å². The molecule has 2 aromatic heterocycles. The fraction of sp³-hybridized carbons (Fsp3) is 0.333. The van der Waals surface area contributed by atoms with Crippen LogP contribution in [0.15, 0.2) is 30.3 Å². The minimum atomic E-state index is 0.510. The zero-order valence-corrected chi connectivity index (χ0v) is 13.8. The zero-order chi connectivity index (χ0) is 15.8. The van der Waals surface area contributed by atoms with Gasteiger partial charge in [-0.15, -0.1) is 0 Å². The fourth-order valence-corrected chi connectivity index (χ4v) is 3.46. The second kappa shape index (κ2) is 5.85. The van der Waals surface area contributed by atoms with E-state index < -0.39 is 0 Å². The van der Waals surface area contributed by atoms with E-state index in [1.165, 1.54) is 25.7 Å². The molecule has 0 amide bonds. The molecule has 4 rings (SSSR count). The zero-order valence-electron chi connectivity index (χ0n) is 13.1. The predicted molar refractivity (Wildman–Crippen MR) is 95.0 cm³/mol. The van der Waals surface area contributed by atoms with Gasteiger partial charge in [-0.05, 0) is 38.0 Å². The number of rotatable bonds is 3. The second-order valence-corrected chi connectivity index (χ2v) is 6.68. The first-order valence-electron chi connectivity index (χ1n) is 8.09. The van der Waals surface area contributed by atoms with Gasteiger partial charge in [-0.1, -0.05) is 36.6 Å². The van der Waals surface area contributed by atoms with E-state index in [0.717, 1.165) is 28.1 Å². The lowest BCUT2D eigenvalue weighted by molar-refractivity contribution is 0.752. The third-order valence-electron chi connectivity index (χ3n) is 4.40. The number of nitrogens with zero attached hydrogens (tertiary/aromatic N) is 2. The quantitative estimate of drug-likeness (QED) is 0.716. The molecule has 0 bridgehead atoms. The maximum atomic E-state index is 6.12. The van der Waals surface area contributed by atoms with Crippen LogP contribution in [-0.4, -0.2) is 21.0 Å². The number of hydrogen-bond acceptors (Lipinski definition) is 3. The van der Waals surface area contributed by atoms with Crippen molar-refractivity contribution in [3.05, 3.63) is 41.0 Å². The Morgan fingerprint density at radius 1 is 1.17 bits per heavy atom. The van der Waals surface area contributed by atoms with Crippen LogP contribution in [0.5, 0.6) is 0 Å². The molecule has 1 saturated carbocycles. The van der Waals surface area contributed by atoms with E-state index >= 15 is 0 Å². The molecule has 0 saturated heterocycles. The van der Waals surface area contributed by atoms with Gasteiger partial charge in [-0.25, -0.2) is 9.97 Å². The van der Waals surface area contributed by atoms with Gasteiger partial charge in [0.2, 0.25) is 0 Å². The summed E-state index contributed by atoms with van der Waals surface area (Å²) in [6, 6.07) is 10.3. The number of aryl methyl sites for hydroxylation is 1. The number of nitrogens with one attached hydrogen (secondary N) is 2. The van der Waals surface area contributed by atoms with Gasteiger partial charge in [0.25, 0.3) is 0 Å². The first-order valence-corrected chi connectivity index (χ1v) is 8.47. The maximum absolute atomic E-state index is 6.12. The van der Waals surface area contributed by atoms with Crippen molar-refractivity contribution in [3.8, 4) is 11.4 Å². The second-order valence-electron chi connectivity index (χ2n) is 6.25. The van der Waals surface area contributed by atoms with Crippen LogP contribution >= 0.6 is 11.6 Å². The molecule has 0 aliphatic heterocycles. The number of aromatic amines is 1. The summed E-state index contributed by atoms with van der Waals surface area (Å²) in [5.74, 6) is 1.61. The van der Waals surface area contributed by atoms with Gasteiger partial charge in [0.1, 0.15) is 11.5 Å². The molecule has 23 heavy (non-hydrogen) atoms. The van der Waals surface area contributed by atoms with Gasteiger partial charge in [0, 0.05) is 22.3 Å². The summed E-state index contributed by atoms with van der Waals surface area (Å²) in [6.07, 6.45) is 5.00. The summed E-state index contributed by atoms with van der Waals surface area (Å²) in [7, 11) is 0. The summed E-state index contributed by atoms with van der Waals surface area (Å²) in [5.41, 5.74) is 2.89. The molecule has 5 heteroatoms. The third-order valence-corrected chi connectivity index (χ3v) is 4.64. The smallest absolute Gasteiger partial charge is 0.163 e. The van der Waals surface area contributed by atoms with E-state index in [-0.39, 0.29) is 0 Å². The number of benzene rings is 1. The number of aromatic nitrogens is 3. The molecule has 1 fully saturated rings. The van der Waals surface area contributed by atoms with Crippen LogP contribution in [0.3, 0.4) is 0 Å². The lowest BCUT2D eigenvalue weighted by Gasteiger charge is -2.14. The normalized spacial score (nSPS) is 15.4. The van der Waals surface area contributed by atoms with Crippen molar-refractivity contribution >= 4 is 28.5 Å². The highest BCUT2D eigenvalue weighted by molar-refractivity contribution is 6.30. The number of fused-ring (bicyclic) bond motifs is 1. The molecular weight excluding hydrogens is 308 g/mol. The minimum Gasteiger partial charge on any atom is -0.367 e. The third kappa shape index (κ3) is 2.91. The maximum Gasteiger partial charge on any atom is 0.163 e. The van der Waals surface area contributed by atoms with E-state index in [1.807, 2.05) is 31.2 Å². The summed E-state index contributed by atoms with van der Waals surface area (Å²) in [4.78, 5) is 12.8. The first-order chi connectivity index (χ1) is 11.2. The molecular formula is C18H19ClN4. The SMILES string of the molecule is Cc1cc2c(NC3CCCC3)nc(-c3cccc(Cl)c3)nc2[nH]1. The Kier molecular flexibility index (Phi) is 3.69. The van der Waals surface area contributed by atoms with Crippen molar-refractivity contribution in [2.75, 3.05) is 5.32 Å². The molecule has 0 spiro atoms. The Balaban J connectivity index is 1.82. The van der Waals surface area contributed by atoms with E-state index in [0.29, 0.717) is 16.9 Å². The number of hydrogen-bond donors (Lipinski definition) is 2. The van der Waals surface area contributed by atoms with Crippen molar-refractivity contribution in [2.24, 2.45) is 0 Å². The highest BCUT2D eigenvalue weighted by Crippen LogP contribution is 2.29. The highest BCUT2D eigenvalue weighted by atomic mass is 35.5. The lowest BCUT2D eigenvalue weighted by atomic mass is 10.2. The Hall–Kier alpha value is -2.07. The molecule has 1 aromatic carbocycles. The molecule has 3 aromatic rings. The van der Waals surface area contributed by atoms with Crippen molar-refractivity contribution in [3.63, 3.8) is 0 Å². The molecule has 2 N–H and O–H groups in total. The van der Waals surface area contributed by atoms with Crippen molar-refractivity contribution in [1.82, 2.24) is 15.0 Å². The molecule has 1 aliphatic carbocycles. The van der Waals surface area contributed by atoms with Crippen LogP contribution < -0.4 is 5.32 Å². The Morgan fingerprint density at radius 2 is 2.00 bits per heavy atom. The van der Waals surface area contributed by atoms with Crippen molar-refractivity contribution < 1.29 is 0 Å². The topological polar surface area (TPSA) is 53.6 Å². The van der Waals surface area contributed by atoms with E-state index in [9.17, 15) is 0 Å². The molecule has 118 valence electrons. The van der Waals surface area contributed by atoms with E-state index in [2.05, 4.69) is 21.4 Å². The monoisotopic (exact) mass is 326 g/mol. The number of halogens is 1. The summed E-state index contributed by atoms with van der Waals surface area (Å²) in [5, 5.41) is 5.37.